The molecule has 0 aliphatic carbocycles. The van der Waals surface area contributed by atoms with Gasteiger partial charge in [-0.05, 0) is 25.1 Å². The first-order valence-corrected chi connectivity index (χ1v) is 11.2. The molecule has 0 amide bonds. The number of para-hydroxylation sites is 2. The van der Waals surface area contributed by atoms with Crippen molar-refractivity contribution in [1.29, 1.82) is 0 Å². The first-order valence-electron chi connectivity index (χ1n) is 9.43. The van der Waals surface area contributed by atoms with Crippen LogP contribution in [0.25, 0.3) is 11.0 Å². The van der Waals surface area contributed by atoms with Crippen LogP contribution < -0.4 is 0 Å². The summed E-state index contributed by atoms with van der Waals surface area (Å²) in [6.45, 7) is 7.86. The first kappa shape index (κ1) is 17.9. The van der Waals surface area contributed by atoms with Gasteiger partial charge in [0.1, 0.15) is 5.82 Å². The number of hydrogen-bond acceptors (Lipinski definition) is 5. The maximum atomic E-state index is 12.2. The average molecular weight is 377 g/mol. The molecule has 0 saturated carbocycles. The van der Waals surface area contributed by atoms with E-state index < -0.39 is 9.84 Å². The van der Waals surface area contributed by atoms with Crippen LogP contribution in [0.1, 0.15) is 19.7 Å². The molecule has 2 aromatic rings. The Morgan fingerprint density at radius 3 is 2.65 bits per heavy atom. The number of piperazine rings is 1. The van der Waals surface area contributed by atoms with Gasteiger partial charge in [0.25, 0.3) is 0 Å². The topological polar surface area (TPSA) is 58.4 Å². The Hall–Kier alpha value is -1.44. The van der Waals surface area contributed by atoms with Crippen molar-refractivity contribution < 1.29 is 8.42 Å². The molecular weight excluding hydrogens is 348 g/mol. The van der Waals surface area contributed by atoms with Crippen LogP contribution in [-0.2, 0) is 22.9 Å². The maximum Gasteiger partial charge on any atom is 0.153 e. The van der Waals surface area contributed by atoms with Crippen LogP contribution in [0.2, 0.25) is 0 Å². The molecule has 1 aromatic heterocycles. The third kappa shape index (κ3) is 3.28. The van der Waals surface area contributed by atoms with Gasteiger partial charge < -0.3 is 4.57 Å². The fraction of sp³-hybridized carbons (Fsp3) is 0.632. The normalized spacial score (nSPS) is 26.6. The average Bonchev–Trinajstić information content (AvgIpc) is 3.08. The standard InChI is InChI=1S/C19H28N4O2S/c1-14(2)10-23-16-7-5-4-6-15(16)20-19(23)11-22-9-8-21(3)17-12-26(24,25)13-18(17)22/h4-7,14,17-18H,8-13H2,1-3H3/t17-,18+/m0/s1. The molecule has 0 bridgehead atoms. The number of hydrogen-bond donors (Lipinski definition) is 0. The lowest BCUT2D eigenvalue weighted by atomic mass is 10.1. The number of sulfone groups is 1. The quantitative estimate of drug-likeness (QED) is 0.811. The number of nitrogens with zero attached hydrogens (tertiary/aromatic N) is 4. The van der Waals surface area contributed by atoms with Gasteiger partial charge in [0.05, 0.1) is 29.1 Å². The molecule has 26 heavy (non-hydrogen) atoms. The van der Waals surface area contributed by atoms with Crippen molar-refractivity contribution in [1.82, 2.24) is 19.4 Å². The van der Waals surface area contributed by atoms with E-state index in [0.29, 0.717) is 12.5 Å². The predicted molar refractivity (Wildman–Crippen MR) is 104 cm³/mol. The summed E-state index contributed by atoms with van der Waals surface area (Å²) in [5.74, 6) is 2.13. The van der Waals surface area contributed by atoms with E-state index in [1.165, 1.54) is 5.52 Å². The zero-order chi connectivity index (χ0) is 18.5. The summed E-state index contributed by atoms with van der Waals surface area (Å²) < 4.78 is 26.8. The Morgan fingerprint density at radius 1 is 1.15 bits per heavy atom. The van der Waals surface area contributed by atoms with Gasteiger partial charge in [0.2, 0.25) is 0 Å². The second-order valence-electron chi connectivity index (χ2n) is 8.18. The number of benzene rings is 1. The fourth-order valence-corrected chi connectivity index (χ4v) is 6.48. The second-order valence-corrected chi connectivity index (χ2v) is 10.3. The minimum atomic E-state index is -2.95. The molecule has 4 rings (SSSR count). The maximum absolute atomic E-state index is 12.2. The van der Waals surface area contributed by atoms with Crippen molar-refractivity contribution in [3.05, 3.63) is 30.1 Å². The van der Waals surface area contributed by atoms with E-state index >= 15 is 0 Å². The van der Waals surface area contributed by atoms with Crippen molar-refractivity contribution in [2.75, 3.05) is 31.6 Å². The molecular formula is C19H28N4O2S. The van der Waals surface area contributed by atoms with Crippen molar-refractivity contribution in [3.63, 3.8) is 0 Å². The first-order chi connectivity index (χ1) is 12.3. The van der Waals surface area contributed by atoms with Gasteiger partial charge in [-0.15, -0.1) is 0 Å². The largest absolute Gasteiger partial charge is 0.327 e. The van der Waals surface area contributed by atoms with E-state index in [1.807, 2.05) is 13.1 Å². The van der Waals surface area contributed by atoms with Gasteiger partial charge in [-0.3, -0.25) is 9.80 Å². The smallest absolute Gasteiger partial charge is 0.153 e. The third-order valence-corrected chi connectivity index (χ3v) is 7.39. The third-order valence-electron chi connectivity index (χ3n) is 5.69. The molecule has 3 heterocycles. The number of fused-ring (bicyclic) bond motifs is 2. The molecule has 0 N–H and O–H groups in total. The molecule has 2 aliphatic heterocycles. The van der Waals surface area contributed by atoms with Crippen LogP contribution in [0.5, 0.6) is 0 Å². The highest BCUT2D eigenvalue weighted by Crippen LogP contribution is 2.28. The van der Waals surface area contributed by atoms with E-state index in [0.717, 1.165) is 31.0 Å². The van der Waals surface area contributed by atoms with E-state index in [4.69, 9.17) is 4.98 Å². The van der Waals surface area contributed by atoms with Gasteiger partial charge in [-0.25, -0.2) is 13.4 Å². The number of rotatable bonds is 4. The molecule has 2 fully saturated rings. The Morgan fingerprint density at radius 2 is 1.88 bits per heavy atom. The van der Waals surface area contributed by atoms with Gasteiger partial charge >= 0.3 is 0 Å². The second kappa shape index (κ2) is 6.62. The van der Waals surface area contributed by atoms with E-state index in [9.17, 15) is 8.42 Å². The molecule has 142 valence electrons. The summed E-state index contributed by atoms with van der Waals surface area (Å²) in [5, 5.41) is 0. The zero-order valence-electron chi connectivity index (χ0n) is 15.8. The highest BCUT2D eigenvalue weighted by Gasteiger charge is 2.45. The Bertz CT molecular complexity index is 905. The van der Waals surface area contributed by atoms with Crippen LogP contribution in [0.15, 0.2) is 24.3 Å². The highest BCUT2D eigenvalue weighted by atomic mass is 32.2. The molecule has 1 aromatic carbocycles. The minimum Gasteiger partial charge on any atom is -0.327 e. The lowest BCUT2D eigenvalue weighted by Crippen LogP contribution is -2.57. The Balaban J connectivity index is 1.66. The summed E-state index contributed by atoms with van der Waals surface area (Å²) in [6, 6.07) is 8.44. The van der Waals surface area contributed by atoms with Crippen LogP contribution in [0.4, 0.5) is 0 Å². The monoisotopic (exact) mass is 376 g/mol. The van der Waals surface area contributed by atoms with Crippen molar-refractivity contribution >= 4 is 20.9 Å². The van der Waals surface area contributed by atoms with E-state index in [1.54, 1.807) is 0 Å². The van der Waals surface area contributed by atoms with Gasteiger partial charge in [-0.1, -0.05) is 26.0 Å². The molecule has 0 unspecified atom stereocenters. The van der Waals surface area contributed by atoms with Crippen molar-refractivity contribution in [3.8, 4) is 0 Å². The molecule has 2 aliphatic rings. The molecule has 0 spiro atoms. The summed E-state index contributed by atoms with van der Waals surface area (Å²) in [7, 11) is -0.906. The molecule has 7 heteroatoms. The lowest BCUT2D eigenvalue weighted by Gasteiger charge is -2.42. The number of imidazole rings is 1. The lowest BCUT2D eigenvalue weighted by molar-refractivity contribution is 0.0547. The Labute approximate surface area is 155 Å². The van der Waals surface area contributed by atoms with Gasteiger partial charge in [0, 0.05) is 31.7 Å². The molecule has 6 nitrogen and oxygen atoms in total. The Kier molecular flexibility index (Phi) is 4.57. The fourth-order valence-electron chi connectivity index (χ4n) is 4.39. The van der Waals surface area contributed by atoms with E-state index in [-0.39, 0.29) is 23.6 Å². The van der Waals surface area contributed by atoms with Crippen LogP contribution in [-0.4, -0.2) is 71.5 Å². The summed E-state index contributed by atoms with van der Waals surface area (Å²) in [6.07, 6.45) is 0. The summed E-state index contributed by atoms with van der Waals surface area (Å²) in [5.41, 5.74) is 2.19. The SMILES string of the molecule is CC(C)Cn1c(CN2CCN(C)[C@H]3CS(=O)(=O)C[C@H]32)nc2ccccc21. The molecule has 2 atom stereocenters. The number of aromatic nitrogens is 2. The van der Waals surface area contributed by atoms with Crippen LogP contribution >= 0.6 is 0 Å². The van der Waals surface area contributed by atoms with Gasteiger partial charge in [0.15, 0.2) is 9.84 Å². The summed E-state index contributed by atoms with van der Waals surface area (Å²) >= 11 is 0. The van der Waals surface area contributed by atoms with Crippen molar-refractivity contribution in [2.45, 2.75) is 39.0 Å². The van der Waals surface area contributed by atoms with Crippen molar-refractivity contribution in [2.24, 2.45) is 5.92 Å². The zero-order valence-corrected chi connectivity index (χ0v) is 16.6. The van der Waals surface area contributed by atoms with Gasteiger partial charge in [-0.2, -0.15) is 0 Å². The van der Waals surface area contributed by atoms with E-state index in [2.05, 4.69) is 46.4 Å². The minimum absolute atomic E-state index is 0.0751. The molecule has 0 radical (unpaired) electrons. The highest BCUT2D eigenvalue weighted by molar-refractivity contribution is 7.91. The van der Waals surface area contributed by atoms with Crippen LogP contribution in [0, 0.1) is 5.92 Å². The molecule has 2 saturated heterocycles. The predicted octanol–water partition coefficient (Wildman–Crippen LogP) is 1.61. The van der Waals surface area contributed by atoms with Crippen LogP contribution in [0.3, 0.4) is 0 Å². The summed E-state index contributed by atoms with van der Waals surface area (Å²) in [4.78, 5) is 9.44. The number of likely N-dealkylation sites (N-methyl/N-ethyl adjacent to an activating group) is 1.